The molecular weight excluding hydrogens is 240 g/mol. The molecule has 94 valence electrons. The van der Waals surface area contributed by atoms with Gasteiger partial charge in [0.25, 0.3) is 0 Å². The normalized spacial score (nSPS) is 10.6. The Morgan fingerprint density at radius 3 is 2.71 bits per heavy atom. The summed E-state index contributed by atoms with van der Waals surface area (Å²) in [6.45, 7) is 1.81. The van der Waals surface area contributed by atoms with Gasteiger partial charge >= 0.3 is 5.97 Å². The summed E-state index contributed by atoms with van der Waals surface area (Å²) >= 11 is 5.98. The molecule has 1 aromatic rings. The minimum atomic E-state index is -0.967. The highest BCUT2D eigenvalue weighted by molar-refractivity contribution is 6.33. The van der Waals surface area contributed by atoms with Crippen LogP contribution in [0, 0.1) is 0 Å². The van der Waals surface area contributed by atoms with Gasteiger partial charge in [0.1, 0.15) is 0 Å². The molecule has 0 amide bonds. The van der Waals surface area contributed by atoms with Gasteiger partial charge in [0.05, 0.1) is 16.3 Å². The molecule has 17 heavy (non-hydrogen) atoms. The first-order chi connectivity index (χ1) is 8.00. The third-order valence-electron chi connectivity index (χ3n) is 2.31. The van der Waals surface area contributed by atoms with Crippen LogP contribution in [0.2, 0.25) is 5.02 Å². The number of carbonyl (C=O) groups is 1. The zero-order valence-corrected chi connectivity index (χ0v) is 10.8. The standard InChI is InChI=1S/C12H17ClN2O2/c1-15(2)7-3-6-14-11-5-4-9(12(16)17)8-10(11)13/h4-5,8,14H,3,6-7H2,1-2H3,(H,16,17). The van der Waals surface area contributed by atoms with Gasteiger partial charge in [-0.15, -0.1) is 0 Å². The molecule has 0 radical (unpaired) electrons. The molecule has 0 saturated carbocycles. The number of hydrogen-bond acceptors (Lipinski definition) is 3. The Balaban J connectivity index is 2.52. The first kappa shape index (κ1) is 13.8. The molecule has 0 aliphatic rings. The fourth-order valence-electron chi connectivity index (χ4n) is 1.41. The maximum atomic E-state index is 10.7. The van der Waals surface area contributed by atoms with Crippen molar-refractivity contribution in [2.75, 3.05) is 32.5 Å². The van der Waals surface area contributed by atoms with Crippen LogP contribution in [-0.2, 0) is 0 Å². The van der Waals surface area contributed by atoms with Crippen LogP contribution in [0.4, 0.5) is 5.69 Å². The van der Waals surface area contributed by atoms with Crippen LogP contribution in [0.3, 0.4) is 0 Å². The van der Waals surface area contributed by atoms with E-state index in [1.165, 1.54) is 6.07 Å². The van der Waals surface area contributed by atoms with E-state index >= 15 is 0 Å². The smallest absolute Gasteiger partial charge is 0.335 e. The molecule has 4 nitrogen and oxygen atoms in total. The van der Waals surface area contributed by atoms with Gasteiger partial charge < -0.3 is 15.3 Å². The third-order valence-corrected chi connectivity index (χ3v) is 2.63. The van der Waals surface area contributed by atoms with Crippen molar-refractivity contribution in [2.24, 2.45) is 0 Å². The number of halogens is 1. The van der Waals surface area contributed by atoms with Gasteiger partial charge in [0.15, 0.2) is 0 Å². The van der Waals surface area contributed by atoms with Crippen molar-refractivity contribution in [3.8, 4) is 0 Å². The Morgan fingerprint density at radius 1 is 1.47 bits per heavy atom. The fraction of sp³-hybridized carbons (Fsp3) is 0.417. The van der Waals surface area contributed by atoms with Crippen LogP contribution >= 0.6 is 11.6 Å². The molecule has 0 unspecified atom stereocenters. The van der Waals surface area contributed by atoms with Gasteiger partial charge in [-0.1, -0.05) is 11.6 Å². The van der Waals surface area contributed by atoms with E-state index in [2.05, 4.69) is 10.2 Å². The average molecular weight is 257 g/mol. The number of aromatic carboxylic acids is 1. The van der Waals surface area contributed by atoms with E-state index in [-0.39, 0.29) is 5.56 Å². The molecular formula is C12H17ClN2O2. The quantitative estimate of drug-likeness (QED) is 0.768. The molecule has 2 N–H and O–H groups in total. The second-order valence-electron chi connectivity index (χ2n) is 4.08. The second kappa shape index (κ2) is 6.47. The molecule has 0 aromatic heterocycles. The number of carboxylic acids is 1. The molecule has 0 aliphatic carbocycles. The number of nitrogens with one attached hydrogen (secondary N) is 1. The second-order valence-corrected chi connectivity index (χ2v) is 4.49. The summed E-state index contributed by atoms with van der Waals surface area (Å²) in [6.07, 6.45) is 1.00. The number of carboxylic acid groups (broad SMARTS) is 1. The molecule has 1 aromatic carbocycles. The number of rotatable bonds is 6. The largest absolute Gasteiger partial charge is 0.478 e. The van der Waals surface area contributed by atoms with Crippen LogP contribution in [-0.4, -0.2) is 43.2 Å². The first-order valence-electron chi connectivity index (χ1n) is 5.42. The average Bonchev–Trinajstić information content (AvgIpc) is 2.25. The van der Waals surface area contributed by atoms with E-state index < -0.39 is 5.97 Å². The molecule has 0 atom stereocenters. The van der Waals surface area contributed by atoms with Crippen molar-refractivity contribution < 1.29 is 9.90 Å². The summed E-state index contributed by atoms with van der Waals surface area (Å²) in [5, 5.41) is 12.4. The van der Waals surface area contributed by atoms with Crippen molar-refractivity contribution in [3.05, 3.63) is 28.8 Å². The minimum Gasteiger partial charge on any atom is -0.478 e. The SMILES string of the molecule is CN(C)CCCNc1ccc(C(=O)O)cc1Cl. The van der Waals surface area contributed by atoms with Crippen molar-refractivity contribution in [1.29, 1.82) is 0 Å². The summed E-state index contributed by atoms with van der Waals surface area (Å²) in [7, 11) is 4.04. The fourth-order valence-corrected chi connectivity index (χ4v) is 1.66. The molecule has 5 heteroatoms. The zero-order valence-electron chi connectivity index (χ0n) is 10.0. The maximum Gasteiger partial charge on any atom is 0.335 e. The minimum absolute atomic E-state index is 0.203. The molecule has 0 saturated heterocycles. The van der Waals surface area contributed by atoms with Crippen LogP contribution in [0.1, 0.15) is 16.8 Å². The lowest BCUT2D eigenvalue weighted by atomic mass is 10.2. The van der Waals surface area contributed by atoms with Gasteiger partial charge in [-0.05, 0) is 45.3 Å². The summed E-state index contributed by atoms with van der Waals surface area (Å²) in [5.41, 5.74) is 0.976. The molecule has 1 rings (SSSR count). The number of benzene rings is 1. The molecule has 0 aliphatic heterocycles. The molecule has 0 bridgehead atoms. The first-order valence-corrected chi connectivity index (χ1v) is 5.80. The van der Waals surface area contributed by atoms with E-state index in [1.54, 1.807) is 12.1 Å². The van der Waals surface area contributed by atoms with Crippen LogP contribution < -0.4 is 5.32 Å². The third kappa shape index (κ3) is 4.63. The van der Waals surface area contributed by atoms with Crippen LogP contribution in [0.5, 0.6) is 0 Å². The number of nitrogens with zero attached hydrogens (tertiary/aromatic N) is 1. The monoisotopic (exact) mass is 256 g/mol. The Morgan fingerprint density at radius 2 is 2.18 bits per heavy atom. The summed E-state index contributed by atoms with van der Waals surface area (Å²) in [6, 6.07) is 4.70. The Bertz CT molecular complexity index is 394. The highest BCUT2D eigenvalue weighted by Crippen LogP contribution is 2.22. The zero-order chi connectivity index (χ0) is 12.8. The number of hydrogen-bond donors (Lipinski definition) is 2. The molecule has 0 spiro atoms. The van der Waals surface area contributed by atoms with E-state index in [0.717, 1.165) is 25.2 Å². The topological polar surface area (TPSA) is 52.6 Å². The van der Waals surface area contributed by atoms with Crippen molar-refractivity contribution >= 4 is 23.3 Å². The Hall–Kier alpha value is -1.26. The lowest BCUT2D eigenvalue weighted by Crippen LogP contribution is -2.16. The van der Waals surface area contributed by atoms with Gasteiger partial charge in [0.2, 0.25) is 0 Å². The Labute approximate surface area is 106 Å². The van der Waals surface area contributed by atoms with Gasteiger partial charge in [0, 0.05) is 6.54 Å². The lowest BCUT2D eigenvalue weighted by molar-refractivity contribution is 0.0697. The maximum absolute atomic E-state index is 10.7. The lowest BCUT2D eigenvalue weighted by Gasteiger charge is -2.11. The van der Waals surface area contributed by atoms with E-state index in [4.69, 9.17) is 16.7 Å². The van der Waals surface area contributed by atoms with E-state index in [0.29, 0.717) is 5.02 Å². The van der Waals surface area contributed by atoms with Crippen LogP contribution in [0.15, 0.2) is 18.2 Å². The molecule has 0 heterocycles. The van der Waals surface area contributed by atoms with E-state index in [9.17, 15) is 4.79 Å². The highest BCUT2D eigenvalue weighted by atomic mass is 35.5. The van der Waals surface area contributed by atoms with Crippen molar-refractivity contribution in [3.63, 3.8) is 0 Å². The predicted molar refractivity (Wildman–Crippen MR) is 70.1 cm³/mol. The summed E-state index contributed by atoms with van der Waals surface area (Å²) in [4.78, 5) is 12.8. The summed E-state index contributed by atoms with van der Waals surface area (Å²) in [5.74, 6) is -0.967. The van der Waals surface area contributed by atoms with Crippen LogP contribution in [0.25, 0.3) is 0 Å². The summed E-state index contributed by atoms with van der Waals surface area (Å²) < 4.78 is 0. The van der Waals surface area contributed by atoms with Gasteiger partial charge in [-0.2, -0.15) is 0 Å². The highest BCUT2D eigenvalue weighted by Gasteiger charge is 2.06. The van der Waals surface area contributed by atoms with Gasteiger partial charge in [-0.25, -0.2) is 4.79 Å². The van der Waals surface area contributed by atoms with E-state index in [1.807, 2.05) is 14.1 Å². The molecule has 0 fully saturated rings. The Kier molecular flexibility index (Phi) is 5.25. The predicted octanol–water partition coefficient (Wildman–Crippen LogP) is 2.40. The van der Waals surface area contributed by atoms with Crippen molar-refractivity contribution in [1.82, 2.24) is 4.90 Å². The van der Waals surface area contributed by atoms with Crippen molar-refractivity contribution in [2.45, 2.75) is 6.42 Å². The number of anilines is 1. The van der Waals surface area contributed by atoms with Gasteiger partial charge in [-0.3, -0.25) is 0 Å².